The molecule has 4 heteroatoms. The van der Waals surface area contributed by atoms with Gasteiger partial charge in [0, 0.05) is 11.6 Å². The van der Waals surface area contributed by atoms with Crippen molar-refractivity contribution in [2.75, 3.05) is 5.32 Å². The van der Waals surface area contributed by atoms with Crippen LogP contribution < -0.4 is 11.1 Å². The van der Waals surface area contributed by atoms with Gasteiger partial charge >= 0.3 is 0 Å². The molecule has 0 spiro atoms. The summed E-state index contributed by atoms with van der Waals surface area (Å²) in [5.74, 6) is -0.290. The van der Waals surface area contributed by atoms with Gasteiger partial charge in [0.2, 0.25) is 0 Å². The van der Waals surface area contributed by atoms with Crippen LogP contribution in [0, 0.1) is 16.6 Å². The third-order valence-electron chi connectivity index (χ3n) is 4.17. The number of anilines is 1. The second-order valence-electron chi connectivity index (χ2n) is 7.81. The Bertz CT molecular complexity index is 536. The van der Waals surface area contributed by atoms with Crippen LogP contribution in [0.1, 0.15) is 52.5 Å². The van der Waals surface area contributed by atoms with E-state index < -0.39 is 0 Å². The minimum atomic E-state index is -0.290. The second kappa shape index (κ2) is 5.56. The van der Waals surface area contributed by atoms with Crippen LogP contribution >= 0.6 is 12.2 Å². The van der Waals surface area contributed by atoms with Crippen LogP contribution in [0.15, 0.2) is 18.2 Å². The van der Waals surface area contributed by atoms with Crippen LogP contribution in [0.2, 0.25) is 0 Å². The van der Waals surface area contributed by atoms with E-state index in [1.54, 1.807) is 12.1 Å². The van der Waals surface area contributed by atoms with E-state index in [-0.39, 0.29) is 27.7 Å². The zero-order valence-corrected chi connectivity index (χ0v) is 14.1. The fraction of sp³-hybridized carbons (Fsp3) is 0.588. The molecular formula is C17H25FN2S. The molecule has 0 amide bonds. The van der Waals surface area contributed by atoms with Gasteiger partial charge in [-0.05, 0) is 48.3 Å². The van der Waals surface area contributed by atoms with E-state index in [4.69, 9.17) is 18.0 Å². The van der Waals surface area contributed by atoms with E-state index in [0.29, 0.717) is 11.3 Å². The fourth-order valence-electron chi connectivity index (χ4n) is 3.95. The summed E-state index contributed by atoms with van der Waals surface area (Å²) >= 11 is 4.88. The summed E-state index contributed by atoms with van der Waals surface area (Å²) in [6.45, 7) is 9.15. The Kier molecular flexibility index (Phi) is 4.29. The Morgan fingerprint density at radius 1 is 1.24 bits per heavy atom. The van der Waals surface area contributed by atoms with Crippen LogP contribution in [0.3, 0.4) is 0 Å². The lowest BCUT2D eigenvalue weighted by Crippen LogP contribution is -2.40. The number of thiocarbonyl (C=S) groups is 1. The highest BCUT2D eigenvalue weighted by Gasteiger charge is 2.38. The van der Waals surface area contributed by atoms with Gasteiger partial charge in [-0.3, -0.25) is 0 Å². The number of rotatable bonds is 3. The highest BCUT2D eigenvalue weighted by atomic mass is 32.1. The van der Waals surface area contributed by atoms with Crippen LogP contribution in [0.4, 0.5) is 10.1 Å². The first-order valence-corrected chi connectivity index (χ1v) is 7.85. The largest absolute Gasteiger partial charge is 0.389 e. The quantitative estimate of drug-likeness (QED) is 0.809. The Balaban J connectivity index is 2.16. The van der Waals surface area contributed by atoms with Crippen molar-refractivity contribution in [1.82, 2.24) is 0 Å². The van der Waals surface area contributed by atoms with Crippen LogP contribution in [0.5, 0.6) is 0 Å². The molecule has 116 valence electrons. The van der Waals surface area contributed by atoms with Gasteiger partial charge in [-0.2, -0.15) is 0 Å². The summed E-state index contributed by atoms with van der Waals surface area (Å²) in [4.78, 5) is 0.223. The summed E-state index contributed by atoms with van der Waals surface area (Å²) in [5.41, 5.74) is 7.18. The van der Waals surface area contributed by atoms with Crippen molar-refractivity contribution in [3.8, 4) is 0 Å². The smallest absolute Gasteiger partial charge is 0.146 e. The van der Waals surface area contributed by atoms with E-state index in [9.17, 15) is 4.39 Å². The fourth-order valence-corrected chi connectivity index (χ4v) is 4.08. The zero-order chi connectivity index (χ0) is 15.8. The van der Waals surface area contributed by atoms with Gasteiger partial charge in [-0.15, -0.1) is 0 Å². The number of benzene rings is 1. The molecule has 21 heavy (non-hydrogen) atoms. The lowest BCUT2D eigenvalue weighted by molar-refractivity contribution is 0.105. The van der Waals surface area contributed by atoms with E-state index >= 15 is 0 Å². The van der Waals surface area contributed by atoms with Crippen molar-refractivity contribution in [2.24, 2.45) is 16.6 Å². The topological polar surface area (TPSA) is 38.0 Å². The molecule has 0 heterocycles. The van der Waals surface area contributed by atoms with E-state index in [0.717, 1.165) is 12.8 Å². The molecule has 2 nitrogen and oxygen atoms in total. The standard InChI is InChI=1S/C17H25FN2S/c1-16(2)8-12(9-17(3,4)10-16)20-14-6-5-11(15(19)21)7-13(14)18/h5-7,12,20H,8-10H2,1-4H3,(H2,19,21). The SMILES string of the molecule is CC1(C)CC(Nc2ccc(C(N)=S)cc2F)CC(C)(C)C1. The molecule has 0 saturated heterocycles. The normalized spacial score (nSPS) is 21.0. The molecule has 1 aliphatic rings. The van der Waals surface area contributed by atoms with Gasteiger partial charge in [0.25, 0.3) is 0 Å². The van der Waals surface area contributed by atoms with Crippen molar-refractivity contribution in [2.45, 2.75) is 53.0 Å². The number of hydrogen-bond acceptors (Lipinski definition) is 2. The van der Waals surface area contributed by atoms with Crippen LogP contribution in [-0.4, -0.2) is 11.0 Å². The molecule has 0 aromatic heterocycles. The summed E-state index contributed by atoms with van der Waals surface area (Å²) in [6.07, 6.45) is 3.29. The predicted molar refractivity (Wildman–Crippen MR) is 91.1 cm³/mol. The maximum absolute atomic E-state index is 14.2. The number of nitrogens with one attached hydrogen (secondary N) is 1. The Labute approximate surface area is 132 Å². The number of nitrogens with two attached hydrogens (primary N) is 1. The van der Waals surface area contributed by atoms with Gasteiger partial charge in [0.05, 0.1) is 5.69 Å². The zero-order valence-electron chi connectivity index (χ0n) is 13.3. The lowest BCUT2D eigenvalue weighted by atomic mass is 9.63. The van der Waals surface area contributed by atoms with Gasteiger partial charge in [-0.1, -0.05) is 39.9 Å². The molecule has 0 atom stereocenters. The minimum Gasteiger partial charge on any atom is -0.389 e. The molecule has 1 saturated carbocycles. The first-order chi connectivity index (χ1) is 9.58. The highest BCUT2D eigenvalue weighted by molar-refractivity contribution is 7.80. The van der Waals surface area contributed by atoms with Crippen molar-refractivity contribution < 1.29 is 4.39 Å². The second-order valence-corrected chi connectivity index (χ2v) is 8.25. The summed E-state index contributed by atoms with van der Waals surface area (Å²) in [7, 11) is 0. The average Bonchev–Trinajstić information content (AvgIpc) is 2.27. The first-order valence-electron chi connectivity index (χ1n) is 7.44. The molecule has 0 unspecified atom stereocenters. The van der Waals surface area contributed by atoms with Gasteiger partial charge in [0.15, 0.2) is 0 Å². The summed E-state index contributed by atoms with van der Waals surface area (Å²) < 4.78 is 14.2. The molecular weight excluding hydrogens is 283 g/mol. The minimum absolute atomic E-state index is 0.223. The Hall–Kier alpha value is -1.16. The molecule has 2 rings (SSSR count). The van der Waals surface area contributed by atoms with E-state index in [1.165, 1.54) is 12.5 Å². The van der Waals surface area contributed by atoms with Crippen molar-refractivity contribution in [3.63, 3.8) is 0 Å². The summed E-state index contributed by atoms with van der Waals surface area (Å²) in [6, 6.07) is 5.20. The molecule has 1 aromatic carbocycles. The van der Waals surface area contributed by atoms with Gasteiger partial charge < -0.3 is 11.1 Å². The summed E-state index contributed by atoms with van der Waals surface area (Å²) in [5, 5.41) is 3.37. The molecule has 3 N–H and O–H groups in total. The molecule has 1 fully saturated rings. The van der Waals surface area contributed by atoms with E-state index in [2.05, 4.69) is 33.0 Å². The van der Waals surface area contributed by atoms with Crippen molar-refractivity contribution >= 4 is 22.9 Å². The van der Waals surface area contributed by atoms with Crippen LogP contribution in [0.25, 0.3) is 0 Å². The molecule has 0 radical (unpaired) electrons. The third kappa shape index (κ3) is 4.16. The van der Waals surface area contributed by atoms with E-state index in [1.807, 2.05) is 0 Å². The van der Waals surface area contributed by atoms with Gasteiger partial charge in [-0.25, -0.2) is 4.39 Å². The highest BCUT2D eigenvalue weighted by Crippen LogP contribution is 2.46. The Morgan fingerprint density at radius 2 is 1.81 bits per heavy atom. The van der Waals surface area contributed by atoms with Crippen molar-refractivity contribution in [3.05, 3.63) is 29.6 Å². The Morgan fingerprint density at radius 3 is 2.29 bits per heavy atom. The molecule has 0 bridgehead atoms. The molecule has 1 aromatic rings. The monoisotopic (exact) mass is 308 g/mol. The average molecular weight is 308 g/mol. The molecule has 0 aliphatic heterocycles. The predicted octanol–water partition coefficient (Wildman–Crippen LogP) is 4.48. The van der Waals surface area contributed by atoms with Crippen molar-refractivity contribution in [1.29, 1.82) is 0 Å². The maximum atomic E-state index is 14.2. The number of hydrogen-bond donors (Lipinski definition) is 2. The van der Waals surface area contributed by atoms with Gasteiger partial charge in [0.1, 0.15) is 10.8 Å². The lowest BCUT2D eigenvalue weighted by Gasteiger charge is -2.45. The maximum Gasteiger partial charge on any atom is 0.146 e. The third-order valence-corrected chi connectivity index (χ3v) is 4.40. The van der Waals surface area contributed by atoms with Crippen LogP contribution in [-0.2, 0) is 0 Å². The molecule has 1 aliphatic carbocycles. The first kappa shape index (κ1) is 16.2. The number of halogens is 1.